The maximum absolute atomic E-state index is 9.10. The van der Waals surface area contributed by atoms with Crippen molar-refractivity contribution in [2.45, 2.75) is 19.8 Å². The van der Waals surface area contributed by atoms with Crippen molar-refractivity contribution in [2.24, 2.45) is 0 Å². The van der Waals surface area contributed by atoms with Crippen LogP contribution in [-0.2, 0) is 0 Å². The molecule has 4 nitrogen and oxygen atoms in total. The van der Waals surface area contributed by atoms with E-state index in [9.17, 15) is 0 Å². The molecule has 0 bridgehead atoms. The van der Waals surface area contributed by atoms with Crippen LogP contribution < -0.4 is 10.5 Å². The smallest absolute Gasteiger partial charge is 0.136 e. The number of nitriles is 1. The maximum Gasteiger partial charge on any atom is 0.136 e. The molecule has 0 atom stereocenters. The molecular formula is C14H15N3OS. The van der Waals surface area contributed by atoms with Gasteiger partial charge in [-0.1, -0.05) is 13.8 Å². The van der Waals surface area contributed by atoms with Crippen LogP contribution in [0.3, 0.4) is 0 Å². The minimum Gasteiger partial charge on any atom is -0.495 e. The predicted octanol–water partition coefficient (Wildman–Crippen LogP) is 3.40. The summed E-state index contributed by atoms with van der Waals surface area (Å²) in [7, 11) is 1.55. The van der Waals surface area contributed by atoms with E-state index in [1.807, 2.05) is 6.07 Å². The molecule has 0 saturated carbocycles. The predicted molar refractivity (Wildman–Crippen MR) is 77.3 cm³/mol. The number of aromatic nitrogens is 1. The number of methoxy groups -OCH3 is 1. The van der Waals surface area contributed by atoms with E-state index < -0.39 is 0 Å². The highest BCUT2D eigenvalue weighted by Gasteiger charge is 2.14. The van der Waals surface area contributed by atoms with Gasteiger partial charge in [0.2, 0.25) is 0 Å². The van der Waals surface area contributed by atoms with Crippen LogP contribution in [0, 0.1) is 11.3 Å². The van der Waals surface area contributed by atoms with Crippen molar-refractivity contribution < 1.29 is 4.74 Å². The van der Waals surface area contributed by atoms with E-state index in [1.54, 1.807) is 19.2 Å². The van der Waals surface area contributed by atoms with Gasteiger partial charge in [-0.15, -0.1) is 11.3 Å². The lowest BCUT2D eigenvalue weighted by molar-refractivity contribution is 0.413. The molecule has 2 N–H and O–H groups in total. The molecule has 19 heavy (non-hydrogen) atoms. The minimum atomic E-state index is 0.342. The van der Waals surface area contributed by atoms with Crippen molar-refractivity contribution in [1.82, 2.24) is 4.98 Å². The molecule has 1 aromatic carbocycles. The Bertz CT molecular complexity index is 641. The maximum atomic E-state index is 9.10. The van der Waals surface area contributed by atoms with E-state index in [0.29, 0.717) is 22.2 Å². The third-order valence-electron chi connectivity index (χ3n) is 2.76. The van der Waals surface area contributed by atoms with E-state index in [1.165, 1.54) is 11.3 Å². The van der Waals surface area contributed by atoms with Crippen molar-refractivity contribution in [1.29, 1.82) is 5.26 Å². The van der Waals surface area contributed by atoms with Crippen LogP contribution in [0.5, 0.6) is 5.75 Å². The molecule has 0 aliphatic carbocycles. The lowest BCUT2D eigenvalue weighted by Crippen LogP contribution is -1.91. The van der Waals surface area contributed by atoms with E-state index in [4.69, 9.17) is 15.7 Å². The highest BCUT2D eigenvalue weighted by molar-refractivity contribution is 7.16. The Morgan fingerprint density at radius 2 is 2.16 bits per heavy atom. The Morgan fingerprint density at radius 3 is 2.68 bits per heavy atom. The largest absolute Gasteiger partial charge is 0.495 e. The number of anilines is 1. The van der Waals surface area contributed by atoms with Gasteiger partial charge in [-0.25, -0.2) is 4.98 Å². The molecule has 5 heteroatoms. The highest BCUT2D eigenvalue weighted by atomic mass is 32.1. The summed E-state index contributed by atoms with van der Waals surface area (Å²) in [5.41, 5.74) is 8.09. The second-order valence-corrected chi connectivity index (χ2v) is 5.51. The zero-order valence-corrected chi connectivity index (χ0v) is 11.9. The number of hydrogen-bond donors (Lipinski definition) is 1. The molecule has 0 aliphatic rings. The second kappa shape index (κ2) is 5.29. The number of ether oxygens (including phenoxy) is 1. The fourth-order valence-corrected chi connectivity index (χ4v) is 2.60. The van der Waals surface area contributed by atoms with Gasteiger partial charge in [-0.2, -0.15) is 5.26 Å². The summed E-state index contributed by atoms with van der Waals surface area (Å²) in [6.45, 7) is 4.16. The van der Waals surface area contributed by atoms with Crippen LogP contribution in [0.4, 0.5) is 5.00 Å². The number of benzene rings is 1. The lowest BCUT2D eigenvalue weighted by Gasteiger charge is -2.04. The number of nitrogens with two attached hydrogens (primary N) is 1. The zero-order valence-electron chi connectivity index (χ0n) is 11.1. The molecule has 0 saturated heterocycles. The van der Waals surface area contributed by atoms with Gasteiger partial charge >= 0.3 is 0 Å². The summed E-state index contributed by atoms with van der Waals surface area (Å²) in [4.78, 5) is 4.55. The third-order valence-corrected chi connectivity index (χ3v) is 3.94. The molecular weight excluding hydrogens is 258 g/mol. The first-order valence-electron chi connectivity index (χ1n) is 5.91. The van der Waals surface area contributed by atoms with E-state index in [-0.39, 0.29) is 0 Å². The average molecular weight is 273 g/mol. The van der Waals surface area contributed by atoms with Crippen LogP contribution in [0.2, 0.25) is 0 Å². The summed E-state index contributed by atoms with van der Waals surface area (Å²) < 4.78 is 5.13. The summed E-state index contributed by atoms with van der Waals surface area (Å²) in [6, 6.07) is 7.51. The van der Waals surface area contributed by atoms with Gasteiger partial charge in [0.25, 0.3) is 0 Å². The summed E-state index contributed by atoms with van der Waals surface area (Å²) in [5.74, 6) is 0.902. The standard InChI is InChI=1S/C14H15N3OS/c1-8(2)14-17-12(13(16)19-14)9-4-5-11(18-3)10(6-9)7-15/h4-6,8H,16H2,1-3H3. The first-order valence-corrected chi connectivity index (χ1v) is 6.73. The lowest BCUT2D eigenvalue weighted by atomic mass is 10.1. The molecule has 0 aliphatic heterocycles. The summed E-state index contributed by atoms with van der Waals surface area (Å²) in [6.07, 6.45) is 0. The number of nitrogen functional groups attached to an aromatic ring is 1. The highest BCUT2D eigenvalue weighted by Crippen LogP contribution is 2.35. The molecule has 2 rings (SSSR count). The van der Waals surface area contributed by atoms with Gasteiger partial charge in [0.05, 0.1) is 17.7 Å². The monoisotopic (exact) mass is 273 g/mol. The Kier molecular flexibility index (Phi) is 3.72. The Hall–Kier alpha value is -2.06. The van der Waals surface area contributed by atoms with Gasteiger partial charge in [-0.05, 0) is 18.2 Å². The van der Waals surface area contributed by atoms with Gasteiger partial charge in [0.1, 0.15) is 22.5 Å². The molecule has 2 aromatic rings. The normalized spacial score (nSPS) is 10.5. The van der Waals surface area contributed by atoms with Crippen LogP contribution in [0.15, 0.2) is 18.2 Å². The molecule has 1 aromatic heterocycles. The fraction of sp³-hybridized carbons (Fsp3) is 0.286. The molecule has 98 valence electrons. The van der Waals surface area contributed by atoms with Crippen LogP contribution in [-0.4, -0.2) is 12.1 Å². The first-order chi connectivity index (χ1) is 9.06. The minimum absolute atomic E-state index is 0.342. The Morgan fingerprint density at radius 1 is 1.42 bits per heavy atom. The van der Waals surface area contributed by atoms with Crippen molar-refractivity contribution in [3.05, 3.63) is 28.8 Å². The van der Waals surface area contributed by atoms with Crippen molar-refractivity contribution in [2.75, 3.05) is 12.8 Å². The molecule has 0 unspecified atom stereocenters. The topological polar surface area (TPSA) is 71.9 Å². The van der Waals surface area contributed by atoms with Crippen molar-refractivity contribution >= 4 is 16.3 Å². The fourth-order valence-electron chi connectivity index (χ4n) is 1.75. The number of nitrogens with zero attached hydrogens (tertiary/aromatic N) is 2. The molecule has 0 amide bonds. The average Bonchev–Trinajstić information content (AvgIpc) is 2.80. The zero-order chi connectivity index (χ0) is 14.0. The van der Waals surface area contributed by atoms with E-state index >= 15 is 0 Å². The third kappa shape index (κ3) is 2.54. The van der Waals surface area contributed by atoms with E-state index in [0.717, 1.165) is 16.3 Å². The first kappa shape index (κ1) is 13.4. The second-order valence-electron chi connectivity index (χ2n) is 4.45. The molecule has 0 radical (unpaired) electrons. The SMILES string of the molecule is COc1ccc(-c2nc(C(C)C)sc2N)cc1C#N. The number of rotatable bonds is 3. The Balaban J connectivity index is 2.51. The van der Waals surface area contributed by atoms with Crippen molar-refractivity contribution in [3.8, 4) is 23.1 Å². The van der Waals surface area contributed by atoms with Crippen LogP contribution >= 0.6 is 11.3 Å². The van der Waals surface area contributed by atoms with Crippen LogP contribution in [0.25, 0.3) is 11.3 Å². The molecule has 0 spiro atoms. The van der Waals surface area contributed by atoms with Gasteiger partial charge in [0, 0.05) is 11.5 Å². The van der Waals surface area contributed by atoms with E-state index in [2.05, 4.69) is 24.9 Å². The van der Waals surface area contributed by atoms with Gasteiger partial charge in [0.15, 0.2) is 0 Å². The molecule has 1 heterocycles. The van der Waals surface area contributed by atoms with Crippen LogP contribution in [0.1, 0.15) is 30.3 Å². The quantitative estimate of drug-likeness (QED) is 0.930. The number of hydrogen-bond acceptors (Lipinski definition) is 5. The van der Waals surface area contributed by atoms with Crippen molar-refractivity contribution in [3.63, 3.8) is 0 Å². The Labute approximate surface area is 116 Å². The summed E-state index contributed by atoms with van der Waals surface area (Å²) >= 11 is 1.49. The number of thiazole rings is 1. The van der Waals surface area contributed by atoms with Gasteiger partial charge in [-0.3, -0.25) is 0 Å². The molecule has 0 fully saturated rings. The summed E-state index contributed by atoms with van der Waals surface area (Å²) in [5, 5.41) is 10.8. The van der Waals surface area contributed by atoms with Gasteiger partial charge < -0.3 is 10.5 Å².